The average molecular weight is 437 g/mol. The van der Waals surface area contributed by atoms with Gasteiger partial charge in [-0.3, -0.25) is 9.78 Å². The van der Waals surface area contributed by atoms with E-state index in [9.17, 15) is 4.79 Å². The van der Waals surface area contributed by atoms with Crippen LogP contribution in [0.15, 0.2) is 83.5 Å². The van der Waals surface area contributed by atoms with Crippen LogP contribution in [0.4, 0.5) is 0 Å². The van der Waals surface area contributed by atoms with Crippen LogP contribution in [0, 0.1) is 0 Å². The third-order valence-corrected chi connectivity index (χ3v) is 5.58. The van der Waals surface area contributed by atoms with Crippen LogP contribution in [0.3, 0.4) is 0 Å². The molecule has 0 fully saturated rings. The molecule has 2 aromatic heterocycles. The van der Waals surface area contributed by atoms with Crippen LogP contribution in [0.25, 0.3) is 44.5 Å². The van der Waals surface area contributed by atoms with Crippen LogP contribution < -0.4 is 5.32 Å². The van der Waals surface area contributed by atoms with Gasteiger partial charge >= 0.3 is 0 Å². The normalized spacial score (nSPS) is 11.4. The molecule has 33 heavy (non-hydrogen) atoms. The fourth-order valence-electron chi connectivity index (χ4n) is 3.90. The van der Waals surface area contributed by atoms with Gasteiger partial charge in [-0.1, -0.05) is 42.5 Å². The Morgan fingerprint density at radius 1 is 0.939 bits per heavy atom. The molecule has 0 saturated heterocycles. The maximum absolute atomic E-state index is 12.6. The second-order valence-electron chi connectivity index (χ2n) is 8.21. The monoisotopic (exact) mass is 436 g/mol. The molecule has 0 aliphatic heterocycles. The first-order valence-electron chi connectivity index (χ1n) is 10.9. The third-order valence-electron chi connectivity index (χ3n) is 5.58. The molecule has 3 aromatic carbocycles. The Morgan fingerprint density at radius 2 is 1.73 bits per heavy atom. The number of benzene rings is 3. The Bertz CT molecular complexity index is 1460. The minimum absolute atomic E-state index is 0.102. The number of amides is 1. The summed E-state index contributed by atoms with van der Waals surface area (Å²) >= 11 is 0. The molecule has 1 amide bonds. The number of para-hydroxylation sites is 2. The number of nitrogens with zero attached hydrogens (tertiary/aromatic N) is 3. The molecule has 5 aromatic rings. The van der Waals surface area contributed by atoms with Crippen LogP contribution in [-0.4, -0.2) is 48.0 Å². The highest BCUT2D eigenvalue weighted by Crippen LogP contribution is 2.35. The van der Waals surface area contributed by atoms with Crippen molar-refractivity contribution in [2.24, 2.45) is 0 Å². The molecule has 0 spiro atoms. The molecule has 0 saturated carbocycles. The number of furan rings is 1. The molecule has 0 bridgehead atoms. The third kappa shape index (κ3) is 4.21. The Hall–Kier alpha value is -4.03. The predicted molar refractivity (Wildman–Crippen MR) is 131 cm³/mol. The van der Waals surface area contributed by atoms with E-state index < -0.39 is 0 Å². The van der Waals surface area contributed by atoms with Gasteiger partial charge in [0.25, 0.3) is 5.91 Å². The summed E-state index contributed by atoms with van der Waals surface area (Å²) in [5, 5.41) is 5.07. The lowest BCUT2D eigenvalue weighted by Gasteiger charge is -2.11. The smallest absolute Gasteiger partial charge is 0.251 e. The highest BCUT2D eigenvalue weighted by molar-refractivity contribution is 6.09. The molecule has 1 N–H and O–H groups in total. The van der Waals surface area contributed by atoms with Crippen molar-refractivity contribution in [1.29, 1.82) is 0 Å². The fraction of sp³-hybridized carbons (Fsp3) is 0.148. The van der Waals surface area contributed by atoms with Crippen molar-refractivity contribution in [2.45, 2.75) is 0 Å². The summed E-state index contributed by atoms with van der Waals surface area (Å²) in [5.74, 6) is -0.102. The summed E-state index contributed by atoms with van der Waals surface area (Å²) in [6, 6.07) is 21.5. The maximum Gasteiger partial charge on any atom is 0.251 e. The lowest BCUT2D eigenvalue weighted by Crippen LogP contribution is -2.31. The van der Waals surface area contributed by atoms with Gasteiger partial charge in [0, 0.05) is 40.6 Å². The van der Waals surface area contributed by atoms with Crippen molar-refractivity contribution in [2.75, 3.05) is 27.2 Å². The van der Waals surface area contributed by atoms with Gasteiger partial charge in [0.1, 0.15) is 11.2 Å². The summed E-state index contributed by atoms with van der Waals surface area (Å²) in [6.45, 7) is 1.37. The quantitative estimate of drug-likeness (QED) is 0.406. The molecule has 6 nitrogen and oxygen atoms in total. The molecule has 164 valence electrons. The van der Waals surface area contributed by atoms with E-state index in [4.69, 9.17) is 9.40 Å². The van der Waals surface area contributed by atoms with Gasteiger partial charge in [-0.2, -0.15) is 0 Å². The van der Waals surface area contributed by atoms with Crippen molar-refractivity contribution in [3.8, 4) is 22.5 Å². The number of hydrogen-bond donors (Lipinski definition) is 1. The number of rotatable bonds is 6. The predicted octanol–water partition coefficient (Wildman–Crippen LogP) is 5.00. The molecule has 0 atom stereocenters. The molecule has 5 rings (SSSR count). The summed E-state index contributed by atoms with van der Waals surface area (Å²) in [7, 11) is 3.95. The number of hydrogen-bond acceptors (Lipinski definition) is 5. The summed E-state index contributed by atoms with van der Waals surface area (Å²) in [6.07, 6.45) is 3.45. The number of carbonyl (C=O) groups is 1. The number of carbonyl (C=O) groups excluding carboxylic acids is 1. The fourth-order valence-corrected chi connectivity index (χ4v) is 3.90. The topological polar surface area (TPSA) is 71.3 Å². The van der Waals surface area contributed by atoms with E-state index in [-0.39, 0.29) is 5.91 Å². The van der Waals surface area contributed by atoms with Crippen molar-refractivity contribution in [1.82, 2.24) is 20.2 Å². The van der Waals surface area contributed by atoms with Crippen molar-refractivity contribution in [3.05, 3.63) is 84.7 Å². The van der Waals surface area contributed by atoms with E-state index in [1.165, 1.54) is 0 Å². The number of aromatic nitrogens is 2. The second kappa shape index (κ2) is 8.84. The summed E-state index contributed by atoms with van der Waals surface area (Å²) < 4.78 is 6.16. The van der Waals surface area contributed by atoms with Crippen molar-refractivity contribution in [3.63, 3.8) is 0 Å². The molecule has 0 aliphatic rings. The molecular weight excluding hydrogens is 412 g/mol. The molecule has 0 unspecified atom stereocenters. The lowest BCUT2D eigenvalue weighted by atomic mass is 10.1. The molecule has 0 radical (unpaired) electrons. The van der Waals surface area contributed by atoms with Gasteiger partial charge in [-0.05, 0) is 38.4 Å². The highest BCUT2D eigenvalue weighted by atomic mass is 16.3. The van der Waals surface area contributed by atoms with E-state index in [1.807, 2.05) is 67.5 Å². The van der Waals surface area contributed by atoms with Crippen LogP contribution in [-0.2, 0) is 0 Å². The molecular formula is C27H24N4O2. The number of likely N-dealkylation sites (N-methyl/N-ethyl adjacent to an activating group) is 1. The van der Waals surface area contributed by atoms with Gasteiger partial charge in [-0.15, -0.1) is 0 Å². The Kier molecular flexibility index (Phi) is 5.59. The zero-order valence-electron chi connectivity index (χ0n) is 18.6. The minimum Gasteiger partial charge on any atom is -0.455 e. The molecule has 6 heteroatoms. The minimum atomic E-state index is -0.102. The van der Waals surface area contributed by atoms with Crippen LogP contribution >= 0.6 is 0 Å². The van der Waals surface area contributed by atoms with E-state index >= 15 is 0 Å². The second-order valence-corrected chi connectivity index (χ2v) is 8.21. The van der Waals surface area contributed by atoms with Crippen LogP contribution in [0.5, 0.6) is 0 Å². The van der Waals surface area contributed by atoms with Gasteiger partial charge in [0.15, 0.2) is 0 Å². The summed E-state index contributed by atoms with van der Waals surface area (Å²) in [5.41, 5.74) is 5.37. The van der Waals surface area contributed by atoms with E-state index in [1.54, 1.807) is 18.5 Å². The standard InChI is InChI=1S/C27H24N4O2/c1-31(2)14-13-29-27(32)19-8-5-7-18(15-19)23-16-28-17-24(30-23)22-11-6-10-21-20-9-3-4-12-25(20)33-26(21)22/h3-12,15-17H,13-14H2,1-2H3,(H,29,32). The zero-order valence-corrected chi connectivity index (χ0v) is 18.6. The maximum atomic E-state index is 12.6. The van der Waals surface area contributed by atoms with E-state index in [0.29, 0.717) is 17.8 Å². The molecule has 0 aliphatic carbocycles. The first kappa shape index (κ1) is 20.8. The van der Waals surface area contributed by atoms with Crippen molar-refractivity contribution < 1.29 is 9.21 Å². The number of fused-ring (bicyclic) bond motifs is 3. The average Bonchev–Trinajstić information content (AvgIpc) is 3.23. The Labute approximate surface area is 191 Å². The summed E-state index contributed by atoms with van der Waals surface area (Å²) in [4.78, 5) is 23.9. The SMILES string of the molecule is CN(C)CCNC(=O)c1cccc(-c2cncc(-c3cccc4c3oc3ccccc34)n2)c1. The molecule has 2 heterocycles. The lowest BCUT2D eigenvalue weighted by molar-refractivity contribution is 0.0951. The van der Waals surface area contributed by atoms with Crippen LogP contribution in [0.2, 0.25) is 0 Å². The Morgan fingerprint density at radius 3 is 2.61 bits per heavy atom. The largest absolute Gasteiger partial charge is 0.455 e. The number of nitrogens with one attached hydrogen (secondary N) is 1. The highest BCUT2D eigenvalue weighted by Gasteiger charge is 2.14. The Balaban J connectivity index is 1.49. The van der Waals surface area contributed by atoms with Gasteiger partial charge in [0.05, 0.1) is 23.8 Å². The van der Waals surface area contributed by atoms with Crippen molar-refractivity contribution >= 4 is 27.8 Å². The zero-order chi connectivity index (χ0) is 22.8. The first-order valence-corrected chi connectivity index (χ1v) is 10.9. The van der Waals surface area contributed by atoms with Gasteiger partial charge in [-0.25, -0.2) is 4.98 Å². The van der Waals surface area contributed by atoms with Gasteiger partial charge < -0.3 is 14.6 Å². The van der Waals surface area contributed by atoms with E-state index in [0.717, 1.165) is 45.3 Å². The van der Waals surface area contributed by atoms with Gasteiger partial charge in [0.2, 0.25) is 0 Å². The first-order chi connectivity index (χ1) is 16.1. The van der Waals surface area contributed by atoms with E-state index in [2.05, 4.69) is 22.4 Å². The van der Waals surface area contributed by atoms with Crippen LogP contribution in [0.1, 0.15) is 10.4 Å².